The van der Waals surface area contributed by atoms with Crippen LogP contribution in [0.2, 0.25) is 0 Å². The fraction of sp³-hybridized carbons (Fsp3) is 0.111. The first-order valence-corrected chi connectivity index (χ1v) is 8.64. The molecule has 0 unspecified atom stereocenters. The van der Waals surface area contributed by atoms with Crippen LogP contribution in [0.15, 0.2) is 48.4 Å². The van der Waals surface area contributed by atoms with Crippen LogP contribution in [0, 0.1) is 11.3 Å². The minimum atomic E-state index is -0.518. The van der Waals surface area contributed by atoms with Crippen LogP contribution in [-0.4, -0.2) is 25.1 Å². The van der Waals surface area contributed by atoms with Gasteiger partial charge in [-0.1, -0.05) is 6.07 Å². The number of thiazole rings is 1. The predicted octanol–water partition coefficient (Wildman–Crippen LogP) is 3.02. The van der Waals surface area contributed by atoms with Crippen LogP contribution in [0.25, 0.3) is 16.1 Å². The van der Waals surface area contributed by atoms with Crippen LogP contribution in [0.5, 0.6) is 0 Å². The van der Waals surface area contributed by atoms with Gasteiger partial charge in [0.2, 0.25) is 0 Å². The molecule has 0 aliphatic carbocycles. The molecule has 0 spiro atoms. The van der Waals surface area contributed by atoms with Crippen LogP contribution >= 0.6 is 11.3 Å². The van der Waals surface area contributed by atoms with Gasteiger partial charge in [0, 0.05) is 42.1 Å². The molecule has 4 aromatic rings. The summed E-state index contributed by atoms with van der Waals surface area (Å²) in [5, 5.41) is 15.9. The van der Waals surface area contributed by atoms with Crippen LogP contribution in [0.4, 0.5) is 0 Å². The van der Waals surface area contributed by atoms with Gasteiger partial charge in [-0.3, -0.25) is 4.68 Å². The summed E-state index contributed by atoms with van der Waals surface area (Å²) in [6.45, 7) is 0.0170. The molecule has 0 aliphatic heterocycles. The van der Waals surface area contributed by atoms with E-state index in [0.29, 0.717) is 16.1 Å². The van der Waals surface area contributed by atoms with Crippen molar-refractivity contribution in [2.24, 2.45) is 7.05 Å². The summed E-state index contributed by atoms with van der Waals surface area (Å²) in [6.07, 6.45) is 7.17. The van der Waals surface area contributed by atoms with E-state index in [9.17, 15) is 10.1 Å². The van der Waals surface area contributed by atoms with E-state index in [1.807, 2.05) is 42.0 Å². The second-order valence-corrected chi connectivity index (χ2v) is 6.51. The molecule has 0 amide bonds. The van der Waals surface area contributed by atoms with Crippen molar-refractivity contribution in [2.75, 3.05) is 0 Å². The molecule has 0 aromatic carbocycles. The van der Waals surface area contributed by atoms with Gasteiger partial charge >= 0.3 is 5.97 Å². The van der Waals surface area contributed by atoms with Crippen LogP contribution in [0.3, 0.4) is 0 Å². The second-order valence-electron chi connectivity index (χ2n) is 5.65. The van der Waals surface area contributed by atoms with Crippen molar-refractivity contribution in [3.63, 3.8) is 0 Å². The van der Waals surface area contributed by atoms with Crippen molar-refractivity contribution in [1.82, 2.24) is 19.2 Å². The number of aryl methyl sites for hydroxylation is 1. The van der Waals surface area contributed by atoms with Gasteiger partial charge in [-0.2, -0.15) is 10.4 Å². The van der Waals surface area contributed by atoms with E-state index in [0.717, 1.165) is 11.1 Å². The summed E-state index contributed by atoms with van der Waals surface area (Å²) < 4.78 is 8.88. The number of esters is 1. The van der Waals surface area contributed by atoms with Crippen molar-refractivity contribution >= 4 is 22.8 Å². The Morgan fingerprint density at radius 3 is 3.04 bits per heavy atom. The topological polar surface area (TPSA) is 85.2 Å². The quantitative estimate of drug-likeness (QED) is 0.520. The minimum Gasteiger partial charge on any atom is -0.456 e. The third-order valence-corrected chi connectivity index (χ3v) is 4.79. The van der Waals surface area contributed by atoms with Gasteiger partial charge in [0.15, 0.2) is 5.69 Å². The molecular formula is C18H13N5O2S. The van der Waals surface area contributed by atoms with E-state index in [4.69, 9.17) is 4.74 Å². The first-order chi connectivity index (χ1) is 12.7. The maximum atomic E-state index is 12.3. The van der Waals surface area contributed by atoms with Crippen molar-refractivity contribution in [2.45, 2.75) is 6.61 Å². The molecule has 4 aromatic heterocycles. The van der Waals surface area contributed by atoms with Crippen LogP contribution in [0.1, 0.15) is 21.6 Å². The average molecular weight is 363 g/mol. The molecule has 26 heavy (non-hydrogen) atoms. The zero-order valence-electron chi connectivity index (χ0n) is 13.8. The number of rotatable bonds is 4. The molecule has 4 rings (SSSR count). The van der Waals surface area contributed by atoms with E-state index in [1.165, 1.54) is 11.3 Å². The third-order valence-electron chi connectivity index (χ3n) is 3.90. The van der Waals surface area contributed by atoms with Gasteiger partial charge in [-0.15, -0.1) is 11.3 Å². The number of pyridine rings is 1. The Labute approximate surface area is 152 Å². The zero-order chi connectivity index (χ0) is 18.1. The van der Waals surface area contributed by atoms with E-state index in [2.05, 4.69) is 16.2 Å². The number of fused-ring (bicyclic) bond motifs is 1. The Balaban J connectivity index is 1.51. The summed E-state index contributed by atoms with van der Waals surface area (Å²) in [6, 6.07) is 7.76. The average Bonchev–Trinajstić information content (AvgIpc) is 3.36. The fourth-order valence-electron chi connectivity index (χ4n) is 2.66. The van der Waals surface area contributed by atoms with Gasteiger partial charge in [-0.05, 0) is 12.1 Å². The van der Waals surface area contributed by atoms with Crippen molar-refractivity contribution in [1.29, 1.82) is 5.26 Å². The third kappa shape index (κ3) is 2.85. The summed E-state index contributed by atoms with van der Waals surface area (Å²) in [5.41, 5.74) is 3.05. The molecular weight excluding hydrogens is 350 g/mol. The van der Waals surface area contributed by atoms with E-state index in [-0.39, 0.29) is 12.3 Å². The number of carbonyl (C=O) groups excluding carboxylic acids is 1. The molecule has 0 saturated heterocycles. The number of aromatic nitrogens is 4. The highest BCUT2D eigenvalue weighted by Crippen LogP contribution is 2.24. The molecule has 0 radical (unpaired) electrons. The van der Waals surface area contributed by atoms with Gasteiger partial charge < -0.3 is 9.14 Å². The summed E-state index contributed by atoms with van der Waals surface area (Å²) in [5.74, 6) is -0.518. The predicted molar refractivity (Wildman–Crippen MR) is 95.5 cm³/mol. The molecule has 128 valence electrons. The Bertz CT molecular complexity index is 1150. The lowest BCUT2D eigenvalue weighted by atomic mass is 10.2. The number of nitriles is 1. The Kier molecular flexibility index (Phi) is 3.99. The Morgan fingerprint density at radius 2 is 2.27 bits per heavy atom. The summed E-state index contributed by atoms with van der Waals surface area (Å²) in [4.78, 5) is 16.6. The fourth-order valence-corrected chi connectivity index (χ4v) is 3.43. The molecule has 4 heterocycles. The standard InChI is InChI=1S/C18H13N5O2S/c1-22-8-12(7-20-22)17-21-15(11-26-17)18(24)25-10-13-9-23-5-3-2-4-16(23)14(13)6-19/h2-5,7-9,11H,10H2,1H3. The van der Waals surface area contributed by atoms with Gasteiger partial charge in [0.1, 0.15) is 17.7 Å². The molecule has 0 N–H and O–H groups in total. The molecule has 8 heteroatoms. The highest BCUT2D eigenvalue weighted by Gasteiger charge is 2.16. The van der Waals surface area contributed by atoms with Gasteiger partial charge in [0.25, 0.3) is 0 Å². The number of ether oxygens (including phenoxy) is 1. The van der Waals surface area contributed by atoms with E-state index >= 15 is 0 Å². The highest BCUT2D eigenvalue weighted by atomic mass is 32.1. The Hall–Kier alpha value is -3.44. The van der Waals surface area contributed by atoms with Gasteiger partial charge in [-0.25, -0.2) is 9.78 Å². The second kappa shape index (κ2) is 6.46. The largest absolute Gasteiger partial charge is 0.456 e. The van der Waals surface area contributed by atoms with Crippen molar-refractivity contribution in [3.8, 4) is 16.6 Å². The molecule has 0 saturated carbocycles. The van der Waals surface area contributed by atoms with E-state index in [1.54, 1.807) is 22.5 Å². The monoisotopic (exact) mass is 363 g/mol. The maximum Gasteiger partial charge on any atom is 0.358 e. The number of carbonyl (C=O) groups is 1. The van der Waals surface area contributed by atoms with Crippen LogP contribution in [-0.2, 0) is 18.4 Å². The summed E-state index contributed by atoms with van der Waals surface area (Å²) >= 11 is 1.36. The first kappa shape index (κ1) is 16.1. The lowest BCUT2D eigenvalue weighted by molar-refractivity contribution is 0.0466. The molecule has 0 fully saturated rings. The Morgan fingerprint density at radius 1 is 1.38 bits per heavy atom. The molecule has 0 aliphatic rings. The summed E-state index contributed by atoms with van der Waals surface area (Å²) in [7, 11) is 1.82. The molecule has 0 bridgehead atoms. The zero-order valence-corrected chi connectivity index (χ0v) is 14.6. The minimum absolute atomic E-state index is 0.0170. The first-order valence-electron chi connectivity index (χ1n) is 7.76. The number of hydrogen-bond acceptors (Lipinski definition) is 6. The van der Waals surface area contributed by atoms with Crippen molar-refractivity contribution < 1.29 is 9.53 Å². The maximum absolute atomic E-state index is 12.3. The molecule has 7 nitrogen and oxygen atoms in total. The number of hydrogen-bond donors (Lipinski definition) is 0. The lowest BCUT2D eigenvalue weighted by Gasteiger charge is -2.01. The van der Waals surface area contributed by atoms with Crippen LogP contribution < -0.4 is 0 Å². The van der Waals surface area contributed by atoms with Gasteiger partial charge in [0.05, 0.1) is 17.3 Å². The highest BCUT2D eigenvalue weighted by molar-refractivity contribution is 7.13. The number of nitrogens with zero attached hydrogens (tertiary/aromatic N) is 5. The van der Waals surface area contributed by atoms with Crippen molar-refractivity contribution in [3.05, 3.63) is 65.2 Å². The SMILES string of the molecule is Cn1cc(-c2nc(C(=O)OCc3cn4ccccc4c3C#N)cs2)cn1. The molecule has 0 atom stereocenters. The smallest absolute Gasteiger partial charge is 0.358 e. The lowest BCUT2D eigenvalue weighted by Crippen LogP contribution is -2.06. The normalized spacial score (nSPS) is 10.8. The van der Waals surface area contributed by atoms with E-state index < -0.39 is 5.97 Å².